The Bertz CT molecular complexity index is 707. The Balaban J connectivity index is 1.78. The zero-order valence-corrected chi connectivity index (χ0v) is 12.9. The average molecular weight is 313 g/mol. The second-order valence-electron chi connectivity index (χ2n) is 5.91. The summed E-state index contributed by atoms with van der Waals surface area (Å²) in [4.78, 5) is 25.4. The average Bonchev–Trinajstić information content (AvgIpc) is 3.28. The molecule has 23 heavy (non-hydrogen) atoms. The number of hydrogen-bond donors (Lipinski definition) is 1. The molecule has 1 fully saturated rings. The number of aliphatic carboxylic acids is 1. The van der Waals surface area contributed by atoms with Crippen molar-refractivity contribution < 1.29 is 14.7 Å². The van der Waals surface area contributed by atoms with E-state index in [1.54, 1.807) is 28.8 Å². The standard InChI is InChI=1S/C17H19N3O3/c1-12(17(22)23)11-19(13-7-8-13)16(21)15-9-10-20(18-15)14-5-3-2-4-6-14/h2-6,9-10,12-13H,7-8,11H2,1H3,(H,22,23). The third-order valence-corrected chi connectivity index (χ3v) is 3.97. The highest BCUT2D eigenvalue weighted by Gasteiger charge is 2.35. The van der Waals surface area contributed by atoms with Crippen molar-refractivity contribution >= 4 is 11.9 Å². The van der Waals surface area contributed by atoms with Gasteiger partial charge in [0.05, 0.1) is 11.6 Å². The summed E-state index contributed by atoms with van der Waals surface area (Å²) in [6.07, 6.45) is 3.60. The molecule has 1 aromatic carbocycles. The van der Waals surface area contributed by atoms with Crippen LogP contribution < -0.4 is 0 Å². The third kappa shape index (κ3) is 3.41. The van der Waals surface area contributed by atoms with Crippen LogP contribution >= 0.6 is 0 Å². The fourth-order valence-corrected chi connectivity index (χ4v) is 2.47. The molecule has 1 aromatic heterocycles. The lowest BCUT2D eigenvalue weighted by Crippen LogP contribution is -2.38. The minimum absolute atomic E-state index is 0.145. The van der Waals surface area contributed by atoms with Gasteiger partial charge in [-0.25, -0.2) is 4.68 Å². The molecule has 0 spiro atoms. The van der Waals surface area contributed by atoms with Crippen molar-refractivity contribution in [2.24, 2.45) is 5.92 Å². The molecule has 1 unspecified atom stereocenters. The van der Waals surface area contributed by atoms with Gasteiger partial charge in [-0.15, -0.1) is 0 Å². The predicted molar refractivity (Wildman–Crippen MR) is 84.4 cm³/mol. The molecule has 120 valence electrons. The molecule has 1 aliphatic carbocycles. The van der Waals surface area contributed by atoms with E-state index in [1.165, 1.54) is 0 Å². The van der Waals surface area contributed by atoms with E-state index in [-0.39, 0.29) is 18.5 Å². The summed E-state index contributed by atoms with van der Waals surface area (Å²) < 4.78 is 1.65. The van der Waals surface area contributed by atoms with E-state index in [9.17, 15) is 9.59 Å². The number of para-hydroxylation sites is 1. The monoisotopic (exact) mass is 313 g/mol. The van der Waals surface area contributed by atoms with Gasteiger partial charge in [-0.1, -0.05) is 25.1 Å². The lowest BCUT2D eigenvalue weighted by molar-refractivity contribution is -0.141. The first-order chi connectivity index (χ1) is 11.1. The first-order valence-electron chi connectivity index (χ1n) is 7.71. The first-order valence-corrected chi connectivity index (χ1v) is 7.71. The fraction of sp³-hybridized carbons (Fsp3) is 0.353. The Morgan fingerprint density at radius 1 is 1.30 bits per heavy atom. The molecule has 6 nitrogen and oxygen atoms in total. The minimum atomic E-state index is -0.890. The number of rotatable bonds is 6. The van der Waals surface area contributed by atoms with Crippen LogP contribution in [0, 0.1) is 5.92 Å². The largest absolute Gasteiger partial charge is 0.481 e. The molecule has 1 N–H and O–H groups in total. The van der Waals surface area contributed by atoms with E-state index in [0.717, 1.165) is 18.5 Å². The fourth-order valence-electron chi connectivity index (χ4n) is 2.47. The maximum Gasteiger partial charge on any atom is 0.308 e. The van der Waals surface area contributed by atoms with Crippen LogP contribution in [0.15, 0.2) is 42.6 Å². The summed E-state index contributed by atoms with van der Waals surface area (Å²) in [5, 5.41) is 13.4. The molecule has 2 aromatic rings. The third-order valence-electron chi connectivity index (χ3n) is 3.97. The Kier molecular flexibility index (Phi) is 4.14. The van der Waals surface area contributed by atoms with Crippen LogP contribution in [0.3, 0.4) is 0 Å². The lowest BCUT2D eigenvalue weighted by atomic mass is 10.1. The van der Waals surface area contributed by atoms with Crippen LogP contribution in [0.2, 0.25) is 0 Å². The number of benzene rings is 1. The second kappa shape index (κ2) is 6.24. The molecule has 3 rings (SSSR count). The van der Waals surface area contributed by atoms with Gasteiger partial charge in [0, 0.05) is 18.8 Å². The maximum atomic E-state index is 12.7. The molecule has 0 saturated heterocycles. The molecular weight excluding hydrogens is 294 g/mol. The normalized spacial score (nSPS) is 15.2. The van der Waals surface area contributed by atoms with E-state index in [1.807, 2.05) is 30.3 Å². The van der Waals surface area contributed by atoms with Gasteiger partial charge in [-0.05, 0) is 31.0 Å². The highest BCUT2D eigenvalue weighted by molar-refractivity contribution is 5.93. The minimum Gasteiger partial charge on any atom is -0.481 e. The number of hydrogen-bond acceptors (Lipinski definition) is 3. The molecule has 0 radical (unpaired) electrons. The number of carbonyl (C=O) groups excluding carboxylic acids is 1. The van der Waals surface area contributed by atoms with Gasteiger partial charge in [-0.3, -0.25) is 9.59 Å². The molecule has 1 heterocycles. The molecule has 1 amide bonds. The van der Waals surface area contributed by atoms with Gasteiger partial charge >= 0.3 is 5.97 Å². The summed E-state index contributed by atoms with van der Waals surface area (Å²) in [5.74, 6) is -1.68. The SMILES string of the molecule is CC(CN(C(=O)c1ccn(-c2ccccc2)n1)C1CC1)C(=O)O. The predicted octanol–water partition coefficient (Wildman–Crippen LogP) is 2.20. The highest BCUT2D eigenvalue weighted by atomic mass is 16.4. The quantitative estimate of drug-likeness (QED) is 0.887. The smallest absolute Gasteiger partial charge is 0.308 e. The highest BCUT2D eigenvalue weighted by Crippen LogP contribution is 2.29. The Hall–Kier alpha value is -2.63. The number of carbonyl (C=O) groups is 2. The van der Waals surface area contributed by atoms with E-state index < -0.39 is 11.9 Å². The van der Waals surface area contributed by atoms with Crippen molar-refractivity contribution in [2.75, 3.05) is 6.54 Å². The van der Waals surface area contributed by atoms with Crippen molar-refractivity contribution in [3.8, 4) is 5.69 Å². The van der Waals surface area contributed by atoms with E-state index >= 15 is 0 Å². The van der Waals surface area contributed by atoms with Gasteiger partial charge in [0.2, 0.25) is 0 Å². The molecule has 1 aliphatic rings. The summed E-state index contributed by atoms with van der Waals surface area (Å²) >= 11 is 0. The summed E-state index contributed by atoms with van der Waals surface area (Å²) in [6, 6.07) is 11.4. The van der Waals surface area contributed by atoms with Gasteiger partial charge < -0.3 is 10.0 Å². The van der Waals surface area contributed by atoms with E-state index in [2.05, 4.69) is 5.10 Å². The van der Waals surface area contributed by atoms with E-state index in [4.69, 9.17) is 5.11 Å². The van der Waals surface area contributed by atoms with Crippen LogP contribution in [-0.2, 0) is 4.79 Å². The van der Waals surface area contributed by atoms with Crippen molar-refractivity contribution in [2.45, 2.75) is 25.8 Å². The van der Waals surface area contributed by atoms with Gasteiger partial charge in [0.15, 0.2) is 5.69 Å². The molecule has 1 saturated carbocycles. The number of carboxylic acids is 1. The van der Waals surface area contributed by atoms with Crippen LogP contribution in [0.4, 0.5) is 0 Å². The number of carboxylic acid groups (broad SMARTS) is 1. The first kappa shape index (κ1) is 15.3. The van der Waals surface area contributed by atoms with Crippen LogP contribution in [-0.4, -0.2) is 44.3 Å². The lowest BCUT2D eigenvalue weighted by Gasteiger charge is -2.23. The topological polar surface area (TPSA) is 75.4 Å². The maximum absolute atomic E-state index is 12.7. The van der Waals surface area contributed by atoms with Gasteiger partial charge in [0.25, 0.3) is 5.91 Å². The van der Waals surface area contributed by atoms with Gasteiger partial charge in [0.1, 0.15) is 0 Å². The Morgan fingerprint density at radius 3 is 2.61 bits per heavy atom. The molecule has 6 heteroatoms. The van der Waals surface area contributed by atoms with Crippen molar-refractivity contribution in [3.05, 3.63) is 48.3 Å². The molecular formula is C17H19N3O3. The summed E-state index contributed by atoms with van der Waals surface area (Å²) in [5.41, 5.74) is 1.22. The zero-order valence-electron chi connectivity index (χ0n) is 12.9. The summed E-state index contributed by atoms with van der Waals surface area (Å²) in [7, 11) is 0. The van der Waals surface area contributed by atoms with Crippen LogP contribution in [0.1, 0.15) is 30.3 Å². The van der Waals surface area contributed by atoms with Crippen molar-refractivity contribution in [1.29, 1.82) is 0 Å². The number of nitrogens with zero attached hydrogens (tertiary/aromatic N) is 3. The second-order valence-corrected chi connectivity index (χ2v) is 5.91. The van der Waals surface area contributed by atoms with Crippen LogP contribution in [0.5, 0.6) is 0 Å². The van der Waals surface area contributed by atoms with Crippen molar-refractivity contribution in [3.63, 3.8) is 0 Å². The van der Waals surface area contributed by atoms with Gasteiger partial charge in [-0.2, -0.15) is 5.10 Å². The summed E-state index contributed by atoms with van der Waals surface area (Å²) in [6.45, 7) is 1.84. The molecule has 0 aliphatic heterocycles. The number of amides is 1. The van der Waals surface area contributed by atoms with E-state index in [0.29, 0.717) is 5.69 Å². The number of aromatic nitrogens is 2. The molecule has 1 atom stereocenters. The van der Waals surface area contributed by atoms with Crippen molar-refractivity contribution in [1.82, 2.24) is 14.7 Å². The Morgan fingerprint density at radius 2 is 2.00 bits per heavy atom. The Labute approximate surface area is 134 Å². The van der Waals surface area contributed by atoms with Crippen LogP contribution in [0.25, 0.3) is 5.69 Å². The zero-order chi connectivity index (χ0) is 16.4. The molecule has 0 bridgehead atoms.